The molecule has 0 aromatic rings. The molecule has 0 unspecified atom stereocenters. The zero-order chi connectivity index (χ0) is 14.9. The van der Waals surface area contributed by atoms with Crippen LogP contribution < -0.4 is 0 Å². The van der Waals surface area contributed by atoms with Crippen LogP contribution in [0.15, 0.2) is 24.3 Å². The Balaban J connectivity index is 3.19. The molecule has 0 aromatic heterocycles. The van der Waals surface area contributed by atoms with Crippen LogP contribution in [0.25, 0.3) is 0 Å². The average molecular weight is 297 g/mol. The second-order valence-electron chi connectivity index (χ2n) is 5.37. The first-order valence-corrected chi connectivity index (χ1v) is 8.74. The predicted octanol–water partition coefficient (Wildman–Crippen LogP) is 6.26. The summed E-state index contributed by atoms with van der Waals surface area (Å²) in [6, 6.07) is 0. The van der Waals surface area contributed by atoms with E-state index < -0.39 is 0 Å². The number of thiol groups is 1. The number of allylic oxidation sites excluding steroid dienone is 4. The molecule has 0 aliphatic rings. The third-order valence-corrected chi connectivity index (χ3v) is 3.56. The van der Waals surface area contributed by atoms with Crippen molar-refractivity contribution in [3.8, 4) is 0 Å². The van der Waals surface area contributed by atoms with Gasteiger partial charge in [-0.05, 0) is 38.5 Å². The highest BCUT2D eigenvalue weighted by atomic mass is 32.1. The van der Waals surface area contributed by atoms with E-state index in [4.69, 9.17) is 0 Å². The molecule has 0 heterocycles. The highest BCUT2D eigenvalue weighted by Gasteiger charge is 1.93. The van der Waals surface area contributed by atoms with Gasteiger partial charge in [0.05, 0.1) is 0 Å². The van der Waals surface area contributed by atoms with Gasteiger partial charge in [-0.25, -0.2) is 0 Å². The Labute approximate surface area is 131 Å². The Hall–Kier alpha value is -0.500. The van der Waals surface area contributed by atoms with Crippen LogP contribution in [0.4, 0.5) is 0 Å². The van der Waals surface area contributed by atoms with Gasteiger partial charge in [0.25, 0.3) is 0 Å². The fourth-order valence-electron chi connectivity index (χ4n) is 2.09. The maximum atomic E-state index is 10.6. The van der Waals surface area contributed by atoms with Crippen molar-refractivity contribution in [1.82, 2.24) is 0 Å². The van der Waals surface area contributed by atoms with E-state index in [0.717, 1.165) is 19.3 Å². The van der Waals surface area contributed by atoms with Crippen LogP contribution in [0.5, 0.6) is 0 Å². The van der Waals surface area contributed by atoms with Gasteiger partial charge in [-0.15, -0.1) is 12.6 Å². The van der Waals surface area contributed by atoms with Gasteiger partial charge in [-0.2, -0.15) is 0 Å². The fraction of sp³-hybridized carbons (Fsp3) is 0.722. The lowest BCUT2D eigenvalue weighted by Crippen LogP contribution is -1.85. The van der Waals surface area contributed by atoms with Gasteiger partial charge in [0.15, 0.2) is 5.12 Å². The summed E-state index contributed by atoms with van der Waals surface area (Å²) in [6.45, 7) is 2.25. The van der Waals surface area contributed by atoms with E-state index >= 15 is 0 Å². The van der Waals surface area contributed by atoms with Crippen molar-refractivity contribution >= 4 is 17.7 Å². The van der Waals surface area contributed by atoms with Crippen LogP contribution in [0.1, 0.15) is 84.0 Å². The Kier molecular flexibility index (Phi) is 16.1. The minimum Gasteiger partial charge on any atom is -0.288 e. The third kappa shape index (κ3) is 17.5. The summed E-state index contributed by atoms with van der Waals surface area (Å²) >= 11 is 3.76. The van der Waals surface area contributed by atoms with E-state index in [2.05, 4.69) is 43.9 Å². The summed E-state index contributed by atoms with van der Waals surface area (Å²) < 4.78 is 0. The lowest BCUT2D eigenvalue weighted by molar-refractivity contribution is -0.110. The number of rotatable bonds is 14. The van der Waals surface area contributed by atoms with Gasteiger partial charge >= 0.3 is 0 Å². The third-order valence-electron chi connectivity index (χ3n) is 3.34. The number of carbonyl (C=O) groups excluding carboxylic acids is 1. The van der Waals surface area contributed by atoms with Crippen molar-refractivity contribution in [2.24, 2.45) is 0 Å². The van der Waals surface area contributed by atoms with Crippen LogP contribution >= 0.6 is 12.6 Å². The Bertz CT molecular complexity index is 269. The molecule has 0 saturated heterocycles. The minimum absolute atomic E-state index is 0.0198. The van der Waals surface area contributed by atoms with Crippen LogP contribution in [-0.2, 0) is 4.79 Å². The van der Waals surface area contributed by atoms with Crippen LogP contribution in [0, 0.1) is 0 Å². The summed E-state index contributed by atoms with van der Waals surface area (Å²) in [5.41, 5.74) is 0. The summed E-state index contributed by atoms with van der Waals surface area (Å²) in [6.07, 6.45) is 23.2. The fourth-order valence-corrected chi connectivity index (χ4v) is 2.25. The Morgan fingerprint density at radius 1 is 0.800 bits per heavy atom. The van der Waals surface area contributed by atoms with Crippen LogP contribution in [-0.4, -0.2) is 5.12 Å². The molecule has 0 aliphatic heterocycles. The summed E-state index contributed by atoms with van der Waals surface area (Å²) in [5.74, 6) is 0. The maximum Gasteiger partial charge on any atom is 0.185 e. The Morgan fingerprint density at radius 3 is 1.90 bits per heavy atom. The van der Waals surface area contributed by atoms with E-state index in [1.807, 2.05) is 0 Å². The molecule has 0 saturated carbocycles. The summed E-state index contributed by atoms with van der Waals surface area (Å²) in [5, 5.41) is 0.0198. The van der Waals surface area contributed by atoms with Gasteiger partial charge < -0.3 is 0 Å². The molecular weight excluding hydrogens is 264 g/mol. The molecule has 20 heavy (non-hydrogen) atoms. The quantitative estimate of drug-likeness (QED) is 0.227. The van der Waals surface area contributed by atoms with Crippen molar-refractivity contribution in [3.05, 3.63) is 24.3 Å². The molecule has 0 aromatic carbocycles. The first-order valence-electron chi connectivity index (χ1n) is 8.29. The van der Waals surface area contributed by atoms with Crippen molar-refractivity contribution < 1.29 is 4.79 Å². The van der Waals surface area contributed by atoms with Gasteiger partial charge in [-0.1, -0.05) is 63.3 Å². The lowest BCUT2D eigenvalue weighted by Gasteiger charge is -1.97. The first-order chi connectivity index (χ1) is 9.77. The maximum absolute atomic E-state index is 10.6. The minimum atomic E-state index is 0.0198. The molecule has 0 spiro atoms. The van der Waals surface area contributed by atoms with Crippen molar-refractivity contribution in [2.45, 2.75) is 84.0 Å². The standard InChI is InChI=1S/C18H32OS/c1-2-3-4-5-6-7-8-9-10-11-12-13-14-15-16-17-18(19)20/h7-8,10-11H,2-6,9,12-17H2,1H3,(H,19,20)/b8-7-,11-10-. The second-order valence-corrected chi connectivity index (χ2v) is 5.87. The topological polar surface area (TPSA) is 17.1 Å². The predicted molar refractivity (Wildman–Crippen MR) is 93.4 cm³/mol. The Morgan fingerprint density at radius 2 is 1.35 bits per heavy atom. The van der Waals surface area contributed by atoms with E-state index in [9.17, 15) is 4.79 Å². The zero-order valence-corrected chi connectivity index (χ0v) is 14.0. The van der Waals surface area contributed by atoms with E-state index in [0.29, 0.717) is 6.42 Å². The molecule has 0 fully saturated rings. The van der Waals surface area contributed by atoms with Gasteiger partial charge in [0.2, 0.25) is 0 Å². The molecule has 0 bridgehead atoms. The SMILES string of the molecule is CCCCCC/C=C\C/C=C\CCCCCCC(=O)S. The number of unbranched alkanes of at least 4 members (excludes halogenated alkanes) is 8. The molecule has 0 aliphatic carbocycles. The summed E-state index contributed by atoms with van der Waals surface area (Å²) in [7, 11) is 0. The van der Waals surface area contributed by atoms with E-state index in [1.165, 1.54) is 51.4 Å². The molecule has 0 N–H and O–H groups in total. The molecule has 2 heteroatoms. The van der Waals surface area contributed by atoms with Gasteiger partial charge in [0.1, 0.15) is 0 Å². The lowest BCUT2D eigenvalue weighted by atomic mass is 10.1. The van der Waals surface area contributed by atoms with Crippen molar-refractivity contribution in [2.75, 3.05) is 0 Å². The molecule has 1 nitrogen and oxygen atoms in total. The van der Waals surface area contributed by atoms with E-state index in [1.54, 1.807) is 0 Å². The number of hydrogen-bond donors (Lipinski definition) is 1. The summed E-state index contributed by atoms with van der Waals surface area (Å²) in [4.78, 5) is 10.6. The van der Waals surface area contributed by atoms with Crippen LogP contribution in [0.3, 0.4) is 0 Å². The van der Waals surface area contributed by atoms with Crippen LogP contribution in [0.2, 0.25) is 0 Å². The average Bonchev–Trinajstić information content (AvgIpc) is 2.43. The molecular formula is C18H32OS. The van der Waals surface area contributed by atoms with Crippen molar-refractivity contribution in [1.29, 1.82) is 0 Å². The normalized spacial score (nSPS) is 11.7. The number of hydrogen-bond acceptors (Lipinski definition) is 1. The molecule has 0 radical (unpaired) electrons. The number of carbonyl (C=O) groups is 1. The molecule has 116 valence electrons. The van der Waals surface area contributed by atoms with Gasteiger partial charge in [0, 0.05) is 6.42 Å². The highest BCUT2D eigenvalue weighted by molar-refractivity contribution is 7.96. The first kappa shape index (κ1) is 19.5. The zero-order valence-electron chi connectivity index (χ0n) is 13.2. The smallest absolute Gasteiger partial charge is 0.185 e. The highest BCUT2D eigenvalue weighted by Crippen LogP contribution is 2.07. The van der Waals surface area contributed by atoms with Gasteiger partial charge in [-0.3, -0.25) is 4.79 Å². The monoisotopic (exact) mass is 296 g/mol. The van der Waals surface area contributed by atoms with Crippen molar-refractivity contribution in [3.63, 3.8) is 0 Å². The molecule has 0 rings (SSSR count). The second kappa shape index (κ2) is 16.6. The molecule has 0 atom stereocenters. The molecule has 0 amide bonds. The van der Waals surface area contributed by atoms with E-state index in [-0.39, 0.29) is 5.12 Å². The largest absolute Gasteiger partial charge is 0.288 e.